The molecule has 0 saturated heterocycles. The molecule has 9 heteroatoms. The predicted octanol–water partition coefficient (Wildman–Crippen LogP) is 4.83. The van der Waals surface area contributed by atoms with Crippen molar-refractivity contribution in [1.29, 1.82) is 0 Å². The molecule has 1 heterocycles. The Morgan fingerprint density at radius 2 is 2.08 bits per heavy atom. The van der Waals surface area contributed by atoms with Crippen molar-refractivity contribution < 1.29 is 9.72 Å². The van der Waals surface area contributed by atoms with Crippen molar-refractivity contribution in [3.05, 3.63) is 63.2 Å². The van der Waals surface area contributed by atoms with Crippen LogP contribution in [-0.2, 0) is 4.79 Å². The molecular weight excluding hydrogens is 394 g/mol. The van der Waals surface area contributed by atoms with Crippen molar-refractivity contribution >= 4 is 56.5 Å². The van der Waals surface area contributed by atoms with Crippen molar-refractivity contribution in [2.45, 2.75) is 17.3 Å². The maximum absolute atomic E-state index is 12.2. The SMILES string of the molecule is C[C@@H](NC(=O)CSc1nc2ccc([N+](=O)[O-])cc2s1)c1ccc(Cl)cc1. The lowest BCUT2D eigenvalue weighted by Crippen LogP contribution is -2.28. The highest BCUT2D eigenvalue weighted by atomic mass is 35.5. The number of benzene rings is 2. The third kappa shape index (κ3) is 4.51. The first kappa shape index (κ1) is 18.6. The zero-order chi connectivity index (χ0) is 18.7. The van der Waals surface area contributed by atoms with E-state index in [9.17, 15) is 14.9 Å². The van der Waals surface area contributed by atoms with E-state index in [-0.39, 0.29) is 23.4 Å². The van der Waals surface area contributed by atoms with E-state index in [1.165, 1.54) is 35.2 Å². The van der Waals surface area contributed by atoms with E-state index in [0.717, 1.165) is 10.3 Å². The highest BCUT2D eigenvalue weighted by Crippen LogP contribution is 2.31. The van der Waals surface area contributed by atoms with Crippen molar-refractivity contribution in [2.24, 2.45) is 0 Å². The maximum atomic E-state index is 12.2. The van der Waals surface area contributed by atoms with Crippen molar-refractivity contribution in [3.8, 4) is 0 Å². The van der Waals surface area contributed by atoms with E-state index in [2.05, 4.69) is 10.3 Å². The molecule has 1 atom stereocenters. The molecule has 26 heavy (non-hydrogen) atoms. The smallest absolute Gasteiger partial charge is 0.270 e. The molecule has 1 aromatic heterocycles. The van der Waals surface area contributed by atoms with Gasteiger partial charge in [0.2, 0.25) is 5.91 Å². The third-order valence-corrected chi connectivity index (χ3v) is 6.05. The highest BCUT2D eigenvalue weighted by Gasteiger charge is 2.13. The average Bonchev–Trinajstić information content (AvgIpc) is 3.02. The zero-order valence-electron chi connectivity index (χ0n) is 13.6. The normalized spacial score (nSPS) is 12.1. The number of carbonyl (C=O) groups is 1. The molecule has 3 rings (SSSR count). The second-order valence-electron chi connectivity index (χ2n) is 5.52. The van der Waals surface area contributed by atoms with E-state index in [1.807, 2.05) is 19.1 Å². The lowest BCUT2D eigenvalue weighted by atomic mass is 10.1. The molecule has 0 aliphatic heterocycles. The summed E-state index contributed by atoms with van der Waals surface area (Å²) in [5, 5.41) is 14.4. The molecule has 1 amide bonds. The minimum atomic E-state index is -0.433. The van der Waals surface area contributed by atoms with Crippen LogP contribution in [0.25, 0.3) is 10.2 Å². The molecule has 6 nitrogen and oxygen atoms in total. The lowest BCUT2D eigenvalue weighted by molar-refractivity contribution is -0.384. The highest BCUT2D eigenvalue weighted by molar-refractivity contribution is 8.01. The van der Waals surface area contributed by atoms with Crippen LogP contribution in [0.15, 0.2) is 46.8 Å². The Labute approximate surface area is 162 Å². The van der Waals surface area contributed by atoms with Gasteiger partial charge in [0, 0.05) is 17.2 Å². The lowest BCUT2D eigenvalue weighted by Gasteiger charge is -2.14. The number of nitro benzene ring substituents is 1. The summed E-state index contributed by atoms with van der Waals surface area (Å²) < 4.78 is 1.44. The Hall–Kier alpha value is -2.16. The molecule has 0 aliphatic carbocycles. The number of fused-ring (bicyclic) bond motifs is 1. The second-order valence-corrected chi connectivity index (χ2v) is 8.21. The summed E-state index contributed by atoms with van der Waals surface area (Å²) in [6.45, 7) is 1.91. The first-order valence-electron chi connectivity index (χ1n) is 7.65. The quantitative estimate of drug-likeness (QED) is 0.359. The maximum Gasteiger partial charge on any atom is 0.270 e. The number of hydrogen-bond acceptors (Lipinski definition) is 6. The largest absolute Gasteiger partial charge is 0.349 e. The minimum absolute atomic E-state index is 0.0345. The van der Waals surface area contributed by atoms with Gasteiger partial charge in [-0.25, -0.2) is 4.98 Å². The zero-order valence-corrected chi connectivity index (χ0v) is 16.0. The number of halogens is 1. The minimum Gasteiger partial charge on any atom is -0.349 e. The first-order chi connectivity index (χ1) is 12.4. The summed E-state index contributed by atoms with van der Waals surface area (Å²) >= 11 is 8.52. The summed E-state index contributed by atoms with van der Waals surface area (Å²) in [6.07, 6.45) is 0. The van der Waals surface area contributed by atoms with Crippen LogP contribution in [0.5, 0.6) is 0 Å². The van der Waals surface area contributed by atoms with Gasteiger partial charge in [0.25, 0.3) is 5.69 Å². The molecule has 0 spiro atoms. The summed E-state index contributed by atoms with van der Waals surface area (Å²) in [6, 6.07) is 11.7. The van der Waals surface area contributed by atoms with Gasteiger partial charge in [-0.1, -0.05) is 35.5 Å². The van der Waals surface area contributed by atoms with Crippen LogP contribution in [0.1, 0.15) is 18.5 Å². The number of rotatable bonds is 6. The summed E-state index contributed by atoms with van der Waals surface area (Å²) in [4.78, 5) is 26.9. The van der Waals surface area contributed by atoms with Gasteiger partial charge in [-0.2, -0.15) is 0 Å². The molecular formula is C17H14ClN3O3S2. The van der Waals surface area contributed by atoms with Crippen LogP contribution < -0.4 is 5.32 Å². The molecule has 134 valence electrons. The Bertz CT molecular complexity index is 960. The van der Waals surface area contributed by atoms with Gasteiger partial charge in [-0.15, -0.1) is 11.3 Å². The van der Waals surface area contributed by atoms with Crippen molar-refractivity contribution in [3.63, 3.8) is 0 Å². The van der Waals surface area contributed by atoms with Crippen LogP contribution in [0.2, 0.25) is 5.02 Å². The van der Waals surface area contributed by atoms with E-state index in [4.69, 9.17) is 11.6 Å². The molecule has 3 aromatic rings. The first-order valence-corrected chi connectivity index (χ1v) is 9.83. The van der Waals surface area contributed by atoms with E-state index in [0.29, 0.717) is 14.9 Å². The monoisotopic (exact) mass is 407 g/mol. The van der Waals surface area contributed by atoms with Gasteiger partial charge in [0.1, 0.15) is 0 Å². The standard InChI is InChI=1S/C17H14ClN3O3S2/c1-10(11-2-4-12(18)5-3-11)19-16(22)9-25-17-20-14-7-6-13(21(23)24)8-15(14)26-17/h2-8,10H,9H2,1H3,(H,19,22)/t10-/m1/s1. The van der Waals surface area contributed by atoms with E-state index in [1.54, 1.807) is 18.2 Å². The molecule has 0 radical (unpaired) electrons. The Balaban J connectivity index is 1.59. The number of thiazole rings is 1. The fourth-order valence-corrected chi connectivity index (χ4v) is 4.35. The van der Waals surface area contributed by atoms with Crippen LogP contribution in [0.4, 0.5) is 5.69 Å². The van der Waals surface area contributed by atoms with E-state index >= 15 is 0 Å². The van der Waals surface area contributed by atoms with Crippen molar-refractivity contribution in [2.75, 3.05) is 5.75 Å². The number of non-ortho nitro benzene ring substituents is 1. The summed E-state index contributed by atoms with van der Waals surface area (Å²) in [5.41, 5.74) is 1.70. The molecule has 0 saturated carbocycles. The van der Waals surface area contributed by atoms with Gasteiger partial charge in [0.05, 0.1) is 26.9 Å². The Morgan fingerprint density at radius 1 is 1.35 bits per heavy atom. The molecule has 0 fully saturated rings. The Morgan fingerprint density at radius 3 is 2.77 bits per heavy atom. The number of carbonyl (C=O) groups excluding carboxylic acids is 1. The molecule has 0 bridgehead atoms. The van der Waals surface area contributed by atoms with Gasteiger partial charge in [0.15, 0.2) is 4.34 Å². The average molecular weight is 408 g/mol. The fraction of sp³-hybridized carbons (Fsp3) is 0.176. The van der Waals surface area contributed by atoms with Gasteiger partial charge >= 0.3 is 0 Å². The molecule has 0 unspecified atom stereocenters. The van der Waals surface area contributed by atoms with Crippen LogP contribution >= 0.6 is 34.7 Å². The van der Waals surface area contributed by atoms with Gasteiger partial charge < -0.3 is 5.32 Å². The summed E-state index contributed by atoms with van der Waals surface area (Å²) in [5.74, 6) is 0.113. The number of hydrogen-bond donors (Lipinski definition) is 1. The van der Waals surface area contributed by atoms with Crippen LogP contribution in [-0.4, -0.2) is 21.6 Å². The van der Waals surface area contributed by atoms with Crippen LogP contribution in [0, 0.1) is 10.1 Å². The summed E-state index contributed by atoms with van der Waals surface area (Å²) in [7, 11) is 0. The number of nitrogens with zero attached hydrogens (tertiary/aromatic N) is 2. The van der Waals surface area contributed by atoms with Crippen molar-refractivity contribution in [1.82, 2.24) is 10.3 Å². The number of nitrogens with one attached hydrogen (secondary N) is 1. The number of aromatic nitrogens is 1. The number of amides is 1. The molecule has 1 N–H and O–H groups in total. The topological polar surface area (TPSA) is 85.1 Å². The fourth-order valence-electron chi connectivity index (χ4n) is 2.31. The number of thioether (sulfide) groups is 1. The Kier molecular flexibility index (Phi) is 5.75. The predicted molar refractivity (Wildman–Crippen MR) is 105 cm³/mol. The van der Waals surface area contributed by atoms with E-state index < -0.39 is 4.92 Å². The van der Waals surface area contributed by atoms with Gasteiger partial charge in [-0.3, -0.25) is 14.9 Å². The van der Waals surface area contributed by atoms with Gasteiger partial charge in [-0.05, 0) is 30.7 Å². The second kappa shape index (κ2) is 8.03. The third-order valence-electron chi connectivity index (χ3n) is 3.64. The molecule has 2 aromatic carbocycles. The molecule has 0 aliphatic rings. The number of nitro groups is 1. The van der Waals surface area contributed by atoms with Crippen LogP contribution in [0.3, 0.4) is 0 Å².